The highest BCUT2D eigenvalue weighted by atomic mass is 79.9. The molecular weight excluding hydrogens is 356 g/mol. The van der Waals surface area contributed by atoms with Crippen molar-refractivity contribution >= 4 is 31.7 Å². The van der Waals surface area contributed by atoms with Crippen molar-refractivity contribution in [2.75, 3.05) is 0 Å². The van der Waals surface area contributed by atoms with Gasteiger partial charge in [0.15, 0.2) is 9.84 Å². The number of benzene rings is 1. The number of carbonyl (C=O) groups excluding carboxylic acids is 1. The summed E-state index contributed by atoms with van der Waals surface area (Å²) in [7, 11) is -3.63. The van der Waals surface area contributed by atoms with Crippen molar-refractivity contribution in [3.63, 3.8) is 0 Å². The van der Waals surface area contributed by atoms with Gasteiger partial charge in [-0.3, -0.25) is 4.79 Å². The molecule has 0 N–H and O–H groups in total. The molecule has 0 aromatic heterocycles. The summed E-state index contributed by atoms with van der Waals surface area (Å²) in [6.45, 7) is 8.33. The van der Waals surface area contributed by atoms with Crippen molar-refractivity contribution in [3.8, 4) is 0 Å². The number of carbonyl (C=O) groups is 1. The summed E-state index contributed by atoms with van der Waals surface area (Å²) in [5.74, 6) is -0.520. The maximum atomic E-state index is 12.6. The minimum Gasteiger partial charge on any atom is -0.460 e. The van der Waals surface area contributed by atoms with E-state index in [0.29, 0.717) is 0 Å². The lowest BCUT2D eigenvalue weighted by atomic mass is 10.1. The standard InChI is InChI=1S/C15H21BrO4S/c1-14(2,3)20-13(17)10-15(4,5)21(18,19)12-8-6-11(16)7-9-12/h6-9H,10H2,1-5H3. The number of hydrogen-bond donors (Lipinski definition) is 0. The van der Waals surface area contributed by atoms with Crippen LogP contribution in [0.5, 0.6) is 0 Å². The molecule has 0 aliphatic carbocycles. The molecule has 0 aliphatic heterocycles. The Hall–Kier alpha value is -0.880. The molecule has 0 amide bonds. The number of ether oxygens (including phenoxy) is 1. The quantitative estimate of drug-likeness (QED) is 0.751. The number of rotatable bonds is 4. The summed E-state index contributed by atoms with van der Waals surface area (Å²) in [6, 6.07) is 6.37. The van der Waals surface area contributed by atoms with Crippen LogP contribution in [-0.2, 0) is 19.4 Å². The highest BCUT2D eigenvalue weighted by Gasteiger charge is 2.39. The molecule has 0 saturated carbocycles. The van der Waals surface area contributed by atoms with Crippen molar-refractivity contribution < 1.29 is 17.9 Å². The van der Waals surface area contributed by atoms with Crippen LogP contribution in [0.1, 0.15) is 41.0 Å². The lowest BCUT2D eigenvalue weighted by Gasteiger charge is -2.26. The monoisotopic (exact) mass is 376 g/mol. The topological polar surface area (TPSA) is 60.4 Å². The van der Waals surface area contributed by atoms with Gasteiger partial charge in [0.25, 0.3) is 0 Å². The molecule has 0 unspecified atom stereocenters. The first-order valence-electron chi connectivity index (χ1n) is 6.57. The first-order valence-corrected chi connectivity index (χ1v) is 8.85. The molecule has 0 bridgehead atoms. The second-order valence-electron chi connectivity index (χ2n) is 6.48. The Morgan fingerprint density at radius 2 is 1.57 bits per heavy atom. The zero-order chi connectivity index (χ0) is 16.5. The van der Waals surface area contributed by atoms with Crippen molar-refractivity contribution in [2.24, 2.45) is 0 Å². The molecule has 1 aromatic carbocycles. The van der Waals surface area contributed by atoms with Gasteiger partial charge in [-0.2, -0.15) is 0 Å². The Labute approximate surface area is 134 Å². The van der Waals surface area contributed by atoms with Crippen LogP contribution in [0.2, 0.25) is 0 Å². The molecule has 21 heavy (non-hydrogen) atoms. The van der Waals surface area contributed by atoms with Gasteiger partial charge in [-0.05, 0) is 58.9 Å². The van der Waals surface area contributed by atoms with Crippen LogP contribution in [0.3, 0.4) is 0 Å². The third-order valence-corrected chi connectivity index (χ3v) is 5.86. The highest BCUT2D eigenvalue weighted by Crippen LogP contribution is 2.30. The van der Waals surface area contributed by atoms with Crippen LogP contribution in [0.25, 0.3) is 0 Å². The summed E-state index contributed by atoms with van der Waals surface area (Å²) in [5.41, 5.74) is -0.630. The van der Waals surface area contributed by atoms with Crippen molar-refractivity contribution in [1.29, 1.82) is 0 Å². The summed E-state index contributed by atoms with van der Waals surface area (Å²) in [4.78, 5) is 12.1. The Morgan fingerprint density at radius 1 is 1.10 bits per heavy atom. The first kappa shape index (κ1) is 18.2. The van der Waals surface area contributed by atoms with Gasteiger partial charge >= 0.3 is 5.97 Å². The second kappa shape index (κ2) is 6.08. The van der Waals surface area contributed by atoms with Gasteiger partial charge in [0.05, 0.1) is 16.1 Å². The van der Waals surface area contributed by atoms with E-state index in [4.69, 9.17) is 4.74 Å². The minimum atomic E-state index is -3.63. The molecule has 6 heteroatoms. The van der Waals surface area contributed by atoms with E-state index in [9.17, 15) is 13.2 Å². The summed E-state index contributed by atoms with van der Waals surface area (Å²) in [6.07, 6.45) is -0.192. The van der Waals surface area contributed by atoms with Gasteiger partial charge < -0.3 is 4.74 Å². The molecule has 0 spiro atoms. The third-order valence-electron chi connectivity index (χ3n) is 2.84. The van der Waals surface area contributed by atoms with E-state index in [-0.39, 0.29) is 11.3 Å². The lowest BCUT2D eigenvalue weighted by Crippen LogP contribution is -2.37. The molecule has 118 valence electrons. The average Bonchev–Trinajstić information content (AvgIpc) is 2.25. The summed E-state index contributed by atoms with van der Waals surface area (Å²) < 4.78 is 30.1. The predicted octanol–water partition coefficient (Wildman–Crippen LogP) is 3.73. The van der Waals surface area contributed by atoms with Gasteiger partial charge in [-0.15, -0.1) is 0 Å². The average molecular weight is 377 g/mol. The van der Waals surface area contributed by atoms with Crippen molar-refractivity contribution in [2.45, 2.75) is 56.3 Å². The molecule has 0 aliphatic rings. The van der Waals surface area contributed by atoms with Crippen LogP contribution >= 0.6 is 15.9 Å². The zero-order valence-electron chi connectivity index (χ0n) is 12.9. The maximum absolute atomic E-state index is 12.6. The second-order valence-corrected chi connectivity index (χ2v) is 9.98. The maximum Gasteiger partial charge on any atom is 0.307 e. The zero-order valence-corrected chi connectivity index (χ0v) is 15.3. The van der Waals surface area contributed by atoms with Gasteiger partial charge in [-0.1, -0.05) is 15.9 Å². The van der Waals surface area contributed by atoms with E-state index >= 15 is 0 Å². The van der Waals surface area contributed by atoms with E-state index in [0.717, 1.165) is 4.47 Å². The molecule has 0 atom stereocenters. The van der Waals surface area contributed by atoms with Crippen LogP contribution in [0.4, 0.5) is 0 Å². The van der Waals surface area contributed by atoms with Crippen LogP contribution in [0, 0.1) is 0 Å². The van der Waals surface area contributed by atoms with E-state index in [1.165, 1.54) is 26.0 Å². The van der Waals surface area contributed by atoms with E-state index in [2.05, 4.69) is 15.9 Å². The Bertz CT molecular complexity index is 610. The fourth-order valence-corrected chi connectivity index (χ4v) is 3.46. The predicted molar refractivity (Wildman–Crippen MR) is 85.9 cm³/mol. The molecule has 0 heterocycles. The van der Waals surface area contributed by atoms with Gasteiger partial charge in [-0.25, -0.2) is 8.42 Å². The van der Waals surface area contributed by atoms with Crippen molar-refractivity contribution in [1.82, 2.24) is 0 Å². The van der Waals surface area contributed by atoms with Gasteiger partial charge in [0.2, 0.25) is 0 Å². The largest absolute Gasteiger partial charge is 0.460 e. The van der Waals surface area contributed by atoms with Crippen LogP contribution in [0.15, 0.2) is 33.6 Å². The van der Waals surface area contributed by atoms with Crippen molar-refractivity contribution in [3.05, 3.63) is 28.7 Å². The number of sulfone groups is 1. The molecule has 0 radical (unpaired) electrons. The Kier molecular flexibility index (Phi) is 5.26. The van der Waals surface area contributed by atoms with Gasteiger partial charge in [0, 0.05) is 4.47 Å². The molecule has 1 rings (SSSR count). The third kappa shape index (κ3) is 4.81. The molecular formula is C15H21BrO4S. The van der Waals surface area contributed by atoms with Crippen LogP contribution < -0.4 is 0 Å². The fourth-order valence-electron chi connectivity index (χ4n) is 1.75. The molecule has 0 fully saturated rings. The van der Waals surface area contributed by atoms with Crippen LogP contribution in [-0.4, -0.2) is 24.7 Å². The van der Waals surface area contributed by atoms with E-state index in [1.54, 1.807) is 32.9 Å². The van der Waals surface area contributed by atoms with E-state index in [1.807, 2.05) is 0 Å². The molecule has 1 aromatic rings. The smallest absolute Gasteiger partial charge is 0.307 e. The highest BCUT2D eigenvalue weighted by molar-refractivity contribution is 9.10. The number of hydrogen-bond acceptors (Lipinski definition) is 4. The van der Waals surface area contributed by atoms with E-state index < -0.39 is 26.2 Å². The first-order chi connectivity index (χ1) is 9.35. The summed E-state index contributed by atoms with van der Waals surface area (Å²) in [5, 5.41) is 0. The van der Waals surface area contributed by atoms with Gasteiger partial charge in [0.1, 0.15) is 5.60 Å². The fraction of sp³-hybridized carbons (Fsp3) is 0.533. The Balaban J connectivity index is 3.00. The minimum absolute atomic E-state index is 0.192. The summed E-state index contributed by atoms with van der Waals surface area (Å²) >= 11 is 3.27. The number of esters is 1. The molecule has 4 nitrogen and oxygen atoms in total. The lowest BCUT2D eigenvalue weighted by molar-refractivity contribution is -0.155. The molecule has 0 saturated heterocycles. The normalized spacial score (nSPS) is 13.0. The number of halogens is 1. The SMILES string of the molecule is CC(C)(C)OC(=O)CC(C)(C)S(=O)(=O)c1ccc(Br)cc1. The Morgan fingerprint density at radius 3 is 2.00 bits per heavy atom.